The van der Waals surface area contributed by atoms with Crippen LogP contribution in [0.5, 0.6) is 5.75 Å². The summed E-state index contributed by atoms with van der Waals surface area (Å²) in [5.74, 6) is 2.19. The molecule has 4 rings (SSSR count). The Hall–Kier alpha value is -2.78. The van der Waals surface area contributed by atoms with Gasteiger partial charge in [0, 0.05) is 17.6 Å². The average Bonchev–Trinajstić information content (AvgIpc) is 3.54. The predicted molar refractivity (Wildman–Crippen MR) is 125 cm³/mol. The molecule has 8 nitrogen and oxygen atoms in total. The van der Waals surface area contributed by atoms with Gasteiger partial charge in [-0.05, 0) is 37.1 Å². The minimum absolute atomic E-state index is 0.109. The molecule has 0 saturated heterocycles. The molecule has 1 fully saturated rings. The molecule has 1 N–H and O–H groups in total. The van der Waals surface area contributed by atoms with Gasteiger partial charge in [0.25, 0.3) is 0 Å². The van der Waals surface area contributed by atoms with E-state index < -0.39 is 0 Å². The van der Waals surface area contributed by atoms with Crippen molar-refractivity contribution in [2.24, 2.45) is 0 Å². The molecule has 1 amide bonds. The smallest absolute Gasteiger partial charge is 0.235 e. The number of nitrogens with zero attached hydrogens (tertiary/aromatic N) is 5. The number of rotatable bonds is 10. The maximum absolute atomic E-state index is 12.6. The molecule has 32 heavy (non-hydrogen) atoms. The lowest BCUT2D eigenvalue weighted by atomic mass is 10.2. The van der Waals surface area contributed by atoms with E-state index in [9.17, 15) is 4.79 Å². The molecule has 168 valence electrons. The average molecular weight is 473 g/mol. The summed E-state index contributed by atoms with van der Waals surface area (Å²) in [6.07, 6.45) is 8.11. The highest BCUT2D eigenvalue weighted by Gasteiger charge is 2.21. The normalized spacial score (nSPS) is 13.9. The molecule has 1 aliphatic carbocycles. The molecular weight excluding hydrogens is 448 g/mol. The summed E-state index contributed by atoms with van der Waals surface area (Å²) in [6.45, 7) is 4.57. The van der Waals surface area contributed by atoms with Gasteiger partial charge in [-0.25, -0.2) is 4.68 Å². The number of anilines is 1. The quantitative estimate of drug-likeness (QED) is 0.339. The van der Waals surface area contributed by atoms with Crippen molar-refractivity contribution in [1.29, 1.82) is 0 Å². The van der Waals surface area contributed by atoms with Gasteiger partial charge >= 0.3 is 0 Å². The van der Waals surface area contributed by atoms with Crippen molar-refractivity contribution in [3.8, 4) is 5.75 Å². The van der Waals surface area contributed by atoms with Crippen LogP contribution in [0.1, 0.15) is 37.5 Å². The molecule has 0 bridgehead atoms. The number of hydrogen-bond acceptors (Lipinski definition) is 6. The zero-order valence-corrected chi connectivity index (χ0v) is 19.2. The Labute approximate surface area is 196 Å². The van der Waals surface area contributed by atoms with Crippen LogP contribution in [0.3, 0.4) is 0 Å². The highest BCUT2D eigenvalue weighted by Crippen LogP contribution is 2.31. The predicted octanol–water partition coefficient (Wildman–Crippen LogP) is 4.74. The minimum atomic E-state index is -0.109. The van der Waals surface area contributed by atoms with Crippen molar-refractivity contribution in [3.05, 3.63) is 60.0 Å². The number of ether oxygens (including phenoxy) is 1. The van der Waals surface area contributed by atoms with Crippen molar-refractivity contribution < 1.29 is 9.53 Å². The number of thioether (sulfide) groups is 1. The summed E-state index contributed by atoms with van der Waals surface area (Å²) in [5.41, 5.74) is 0. The number of aromatic nitrogens is 5. The number of allylic oxidation sites excluding steroid dienone is 1. The van der Waals surface area contributed by atoms with E-state index in [2.05, 4.69) is 27.2 Å². The van der Waals surface area contributed by atoms with Gasteiger partial charge in [0.15, 0.2) is 11.0 Å². The maximum Gasteiger partial charge on any atom is 0.235 e. The van der Waals surface area contributed by atoms with Crippen LogP contribution in [0, 0.1) is 0 Å². The van der Waals surface area contributed by atoms with Gasteiger partial charge in [0.1, 0.15) is 18.2 Å². The Morgan fingerprint density at radius 2 is 2.03 bits per heavy atom. The lowest BCUT2D eigenvalue weighted by Gasteiger charge is -2.14. The lowest BCUT2D eigenvalue weighted by Crippen LogP contribution is -2.19. The fourth-order valence-corrected chi connectivity index (χ4v) is 4.58. The molecule has 0 aliphatic heterocycles. The molecule has 10 heteroatoms. The van der Waals surface area contributed by atoms with Crippen molar-refractivity contribution >= 4 is 35.1 Å². The Balaban J connectivity index is 1.35. The van der Waals surface area contributed by atoms with Crippen LogP contribution >= 0.6 is 23.4 Å². The lowest BCUT2D eigenvalue weighted by molar-refractivity contribution is -0.113. The number of halogens is 1. The van der Waals surface area contributed by atoms with Gasteiger partial charge in [0.05, 0.1) is 18.0 Å². The number of nitrogens with one attached hydrogen (secondary N) is 1. The first kappa shape index (κ1) is 22.4. The molecule has 1 aromatic carbocycles. The van der Waals surface area contributed by atoms with Crippen LogP contribution in [0.4, 0.5) is 5.82 Å². The fourth-order valence-electron chi connectivity index (χ4n) is 3.69. The Bertz CT molecular complexity index is 1060. The van der Waals surface area contributed by atoms with Gasteiger partial charge < -0.3 is 10.1 Å². The highest BCUT2D eigenvalue weighted by atomic mass is 35.5. The molecular formula is C22H25ClN6O2S. The van der Waals surface area contributed by atoms with Crippen LogP contribution in [-0.4, -0.2) is 36.2 Å². The van der Waals surface area contributed by atoms with E-state index in [-0.39, 0.29) is 18.3 Å². The second kappa shape index (κ2) is 10.7. The van der Waals surface area contributed by atoms with Gasteiger partial charge in [-0.3, -0.25) is 9.36 Å². The van der Waals surface area contributed by atoms with E-state index in [0.29, 0.717) is 34.3 Å². The molecule has 1 aliphatic rings. The molecule has 2 heterocycles. The largest absolute Gasteiger partial charge is 0.486 e. The van der Waals surface area contributed by atoms with Crippen molar-refractivity contribution in [3.63, 3.8) is 0 Å². The summed E-state index contributed by atoms with van der Waals surface area (Å²) in [7, 11) is 0. The van der Waals surface area contributed by atoms with E-state index >= 15 is 0 Å². The first-order chi connectivity index (χ1) is 15.6. The number of carbonyl (C=O) groups excluding carboxylic acids is 1. The van der Waals surface area contributed by atoms with Gasteiger partial charge in [-0.2, -0.15) is 5.10 Å². The molecule has 0 radical (unpaired) electrons. The van der Waals surface area contributed by atoms with Gasteiger partial charge in [-0.15, -0.1) is 16.8 Å². The fraction of sp³-hybridized carbons (Fsp3) is 0.364. The number of benzene rings is 1. The van der Waals surface area contributed by atoms with Crippen LogP contribution in [0.15, 0.2) is 54.3 Å². The van der Waals surface area contributed by atoms with Crippen molar-refractivity contribution in [2.45, 2.75) is 50.0 Å². The molecule has 0 spiro atoms. The third-order valence-electron chi connectivity index (χ3n) is 5.23. The second-order valence-electron chi connectivity index (χ2n) is 7.48. The second-order valence-corrected chi connectivity index (χ2v) is 8.86. The minimum Gasteiger partial charge on any atom is -0.486 e. The van der Waals surface area contributed by atoms with E-state index in [0.717, 1.165) is 18.7 Å². The van der Waals surface area contributed by atoms with E-state index in [1.165, 1.54) is 24.6 Å². The Kier molecular flexibility index (Phi) is 7.49. The molecule has 2 aromatic heterocycles. The first-order valence-corrected chi connectivity index (χ1v) is 11.9. The van der Waals surface area contributed by atoms with Crippen molar-refractivity contribution in [1.82, 2.24) is 24.5 Å². The third-order valence-corrected chi connectivity index (χ3v) is 6.45. The van der Waals surface area contributed by atoms with E-state index in [4.69, 9.17) is 16.3 Å². The molecule has 3 aromatic rings. The molecule has 0 unspecified atom stereocenters. The van der Waals surface area contributed by atoms with Crippen LogP contribution in [-0.2, 0) is 17.9 Å². The summed E-state index contributed by atoms with van der Waals surface area (Å²) in [6, 6.07) is 9.34. The third kappa shape index (κ3) is 5.52. The Morgan fingerprint density at radius 3 is 2.78 bits per heavy atom. The summed E-state index contributed by atoms with van der Waals surface area (Å²) in [5, 5.41) is 17.1. The number of hydrogen-bond donors (Lipinski definition) is 1. The SMILES string of the molecule is C=CCn1c(COc2ccc(Cl)cc2)nnc1SCC(=O)Nc1ccnn1C1CCCC1. The van der Waals surface area contributed by atoms with E-state index in [1.54, 1.807) is 36.5 Å². The summed E-state index contributed by atoms with van der Waals surface area (Å²) in [4.78, 5) is 12.6. The first-order valence-electron chi connectivity index (χ1n) is 10.5. The van der Waals surface area contributed by atoms with Crippen LogP contribution in [0.25, 0.3) is 0 Å². The van der Waals surface area contributed by atoms with E-state index in [1.807, 2.05) is 15.3 Å². The zero-order valence-electron chi connectivity index (χ0n) is 17.6. The van der Waals surface area contributed by atoms with Crippen LogP contribution in [0.2, 0.25) is 5.02 Å². The summed E-state index contributed by atoms with van der Waals surface area (Å²) >= 11 is 7.24. The topological polar surface area (TPSA) is 86.9 Å². The number of carbonyl (C=O) groups is 1. The highest BCUT2D eigenvalue weighted by molar-refractivity contribution is 7.99. The zero-order chi connectivity index (χ0) is 22.3. The van der Waals surface area contributed by atoms with Gasteiger partial charge in [0.2, 0.25) is 5.91 Å². The van der Waals surface area contributed by atoms with Crippen molar-refractivity contribution in [2.75, 3.05) is 11.1 Å². The Morgan fingerprint density at radius 1 is 1.25 bits per heavy atom. The standard InChI is InChI=1S/C22H25ClN6O2S/c1-2-13-28-20(14-31-18-9-7-16(23)8-10-18)26-27-22(28)32-15-21(30)25-19-11-12-24-29(19)17-5-3-4-6-17/h2,7-12,17H,1,3-6,13-15H2,(H,25,30). The number of amides is 1. The monoisotopic (exact) mass is 472 g/mol. The van der Waals surface area contributed by atoms with Crippen LogP contribution < -0.4 is 10.1 Å². The summed E-state index contributed by atoms with van der Waals surface area (Å²) < 4.78 is 9.62. The van der Waals surface area contributed by atoms with Gasteiger partial charge in [-0.1, -0.05) is 42.3 Å². The molecule has 0 atom stereocenters. The maximum atomic E-state index is 12.6. The molecule has 1 saturated carbocycles.